The van der Waals surface area contributed by atoms with Crippen molar-refractivity contribution in [2.24, 2.45) is 0 Å². The van der Waals surface area contributed by atoms with E-state index in [9.17, 15) is 0 Å². The zero-order valence-electron chi connectivity index (χ0n) is 13.3. The first-order valence-corrected chi connectivity index (χ1v) is 12.0. The van der Waals surface area contributed by atoms with E-state index in [1.165, 1.54) is 77.0 Å². The van der Waals surface area contributed by atoms with Crippen LogP contribution in [0.4, 0.5) is 0 Å². The van der Waals surface area contributed by atoms with Crippen LogP contribution >= 0.6 is 0 Å². The number of hydrogen-bond donors (Lipinski definition) is 0. The zero-order chi connectivity index (χ0) is 13.6. The fraction of sp³-hybridized carbons (Fsp3) is 1.00. The molecule has 19 heavy (non-hydrogen) atoms. The summed E-state index contributed by atoms with van der Waals surface area (Å²) in [4.78, 5) is 0. The van der Waals surface area contributed by atoms with Gasteiger partial charge in [0, 0.05) is 12.3 Å². The third kappa shape index (κ3) is 4.59. The highest BCUT2D eigenvalue weighted by Crippen LogP contribution is 2.39. The van der Waals surface area contributed by atoms with Crippen LogP contribution in [0.2, 0.25) is 18.6 Å². The second kappa shape index (κ2) is 7.83. The van der Waals surface area contributed by atoms with Gasteiger partial charge in [0.15, 0.2) is 0 Å². The lowest BCUT2D eigenvalue weighted by Gasteiger charge is -2.41. The molecular weight excluding hydrogens is 248 g/mol. The summed E-state index contributed by atoms with van der Waals surface area (Å²) < 4.78 is 6.19. The quantitative estimate of drug-likeness (QED) is 0.590. The predicted octanol–water partition coefficient (Wildman–Crippen LogP) is 5.70. The lowest BCUT2D eigenvalue weighted by molar-refractivity contribution is 0.0584. The molecule has 1 aliphatic heterocycles. The largest absolute Gasteiger partial charge is 0.382 e. The van der Waals surface area contributed by atoms with Crippen LogP contribution in [0.1, 0.15) is 77.0 Å². The Morgan fingerprint density at radius 2 is 1.21 bits per heavy atom. The molecule has 0 spiro atoms. The molecule has 0 aromatic heterocycles. The standard InChI is InChI=1S/C17H34OSi/c1-19(2,17-14-10-11-15-18-17)16-12-8-6-4-3-5-7-9-13-16/h16-17H,3-15H2,1-2H3. The Morgan fingerprint density at radius 1 is 0.684 bits per heavy atom. The van der Waals surface area contributed by atoms with Crippen molar-refractivity contribution < 1.29 is 4.74 Å². The van der Waals surface area contributed by atoms with Crippen LogP contribution in [0, 0.1) is 0 Å². The number of ether oxygens (including phenoxy) is 1. The first-order chi connectivity index (χ1) is 9.21. The molecule has 1 atom stereocenters. The molecule has 1 aliphatic carbocycles. The van der Waals surface area contributed by atoms with Crippen molar-refractivity contribution in [3.8, 4) is 0 Å². The van der Waals surface area contributed by atoms with E-state index in [-0.39, 0.29) is 0 Å². The Morgan fingerprint density at radius 3 is 1.74 bits per heavy atom. The maximum absolute atomic E-state index is 6.19. The maximum Gasteiger partial charge on any atom is 0.0846 e. The van der Waals surface area contributed by atoms with E-state index in [4.69, 9.17) is 4.74 Å². The molecule has 2 aliphatic rings. The summed E-state index contributed by atoms with van der Waals surface area (Å²) in [5.41, 5.74) is 1.68. The summed E-state index contributed by atoms with van der Waals surface area (Å²) in [7, 11) is -1.22. The molecule has 0 radical (unpaired) electrons. The lowest BCUT2D eigenvalue weighted by Crippen LogP contribution is -2.49. The summed E-state index contributed by atoms with van der Waals surface area (Å²) in [5.74, 6) is 0. The van der Waals surface area contributed by atoms with Crippen LogP contribution in [0.15, 0.2) is 0 Å². The SMILES string of the molecule is C[Si](C)(C1CCCCCCCCC1)C1CCCCO1. The molecule has 1 saturated heterocycles. The van der Waals surface area contributed by atoms with Gasteiger partial charge in [-0.05, 0) is 24.8 Å². The van der Waals surface area contributed by atoms with E-state index in [0.29, 0.717) is 5.73 Å². The highest BCUT2D eigenvalue weighted by molar-refractivity contribution is 6.80. The van der Waals surface area contributed by atoms with Crippen LogP contribution in [0.5, 0.6) is 0 Å². The second-order valence-electron chi connectivity index (χ2n) is 7.43. The molecule has 2 rings (SSSR count). The monoisotopic (exact) mass is 282 g/mol. The van der Waals surface area contributed by atoms with Gasteiger partial charge in [-0.1, -0.05) is 70.9 Å². The Kier molecular flexibility index (Phi) is 6.41. The number of rotatable bonds is 2. The first kappa shape index (κ1) is 15.6. The molecule has 1 saturated carbocycles. The summed E-state index contributed by atoms with van der Waals surface area (Å²) in [5, 5.41) is 0. The molecule has 0 N–H and O–H groups in total. The molecule has 0 amide bonds. The predicted molar refractivity (Wildman–Crippen MR) is 86.4 cm³/mol. The topological polar surface area (TPSA) is 9.23 Å². The van der Waals surface area contributed by atoms with E-state index in [2.05, 4.69) is 13.1 Å². The van der Waals surface area contributed by atoms with Gasteiger partial charge in [0.25, 0.3) is 0 Å². The summed E-state index contributed by atoms with van der Waals surface area (Å²) in [6.07, 6.45) is 17.4. The van der Waals surface area contributed by atoms with Crippen LogP contribution in [-0.2, 0) is 4.74 Å². The Bertz CT molecular complexity index is 236. The molecule has 2 heteroatoms. The van der Waals surface area contributed by atoms with Crippen LogP contribution in [-0.4, -0.2) is 20.4 Å². The van der Waals surface area contributed by atoms with E-state index in [1.807, 2.05) is 0 Å². The van der Waals surface area contributed by atoms with Gasteiger partial charge in [0.2, 0.25) is 0 Å². The van der Waals surface area contributed by atoms with Gasteiger partial charge >= 0.3 is 0 Å². The van der Waals surface area contributed by atoms with E-state index < -0.39 is 8.07 Å². The molecular formula is C17H34OSi. The van der Waals surface area contributed by atoms with Gasteiger partial charge in [-0.15, -0.1) is 0 Å². The fourth-order valence-electron chi connectivity index (χ4n) is 4.14. The molecule has 0 aromatic rings. The maximum atomic E-state index is 6.19. The molecule has 2 fully saturated rings. The van der Waals surface area contributed by atoms with Gasteiger partial charge in [0.1, 0.15) is 0 Å². The summed E-state index contributed by atoms with van der Waals surface area (Å²) in [6, 6.07) is 0. The van der Waals surface area contributed by atoms with Crippen molar-refractivity contribution in [1.82, 2.24) is 0 Å². The minimum Gasteiger partial charge on any atom is -0.382 e. The van der Waals surface area contributed by atoms with Gasteiger partial charge in [-0.3, -0.25) is 0 Å². The van der Waals surface area contributed by atoms with Gasteiger partial charge < -0.3 is 4.74 Å². The molecule has 0 bridgehead atoms. The van der Waals surface area contributed by atoms with Crippen molar-refractivity contribution in [3.63, 3.8) is 0 Å². The van der Waals surface area contributed by atoms with Crippen molar-refractivity contribution in [1.29, 1.82) is 0 Å². The Labute approximate surface area is 121 Å². The molecule has 1 nitrogen and oxygen atoms in total. The van der Waals surface area contributed by atoms with Crippen molar-refractivity contribution in [2.75, 3.05) is 6.61 Å². The second-order valence-corrected chi connectivity index (χ2v) is 12.5. The van der Waals surface area contributed by atoms with E-state index in [0.717, 1.165) is 12.1 Å². The molecule has 1 heterocycles. The summed E-state index contributed by atoms with van der Waals surface area (Å²) >= 11 is 0. The van der Waals surface area contributed by atoms with Crippen LogP contribution < -0.4 is 0 Å². The third-order valence-electron chi connectivity index (χ3n) is 5.67. The van der Waals surface area contributed by atoms with Crippen molar-refractivity contribution in [2.45, 2.75) is 101 Å². The molecule has 0 aromatic carbocycles. The highest BCUT2D eigenvalue weighted by Gasteiger charge is 2.40. The molecule has 1 unspecified atom stereocenters. The lowest BCUT2D eigenvalue weighted by atomic mass is 10.0. The van der Waals surface area contributed by atoms with Gasteiger partial charge in [0.05, 0.1) is 8.07 Å². The summed E-state index contributed by atoms with van der Waals surface area (Å²) in [6.45, 7) is 6.28. The minimum atomic E-state index is -1.22. The van der Waals surface area contributed by atoms with Gasteiger partial charge in [-0.25, -0.2) is 0 Å². The van der Waals surface area contributed by atoms with E-state index >= 15 is 0 Å². The first-order valence-electron chi connectivity index (χ1n) is 8.83. The van der Waals surface area contributed by atoms with E-state index in [1.54, 1.807) is 0 Å². The normalized spacial score (nSPS) is 29.1. The minimum absolute atomic E-state index is 0.661. The average molecular weight is 283 g/mol. The Hall–Kier alpha value is 0.177. The van der Waals surface area contributed by atoms with Crippen LogP contribution in [0.3, 0.4) is 0 Å². The average Bonchev–Trinajstić information content (AvgIpc) is 2.45. The zero-order valence-corrected chi connectivity index (χ0v) is 14.3. The van der Waals surface area contributed by atoms with Gasteiger partial charge in [-0.2, -0.15) is 0 Å². The highest BCUT2D eigenvalue weighted by atomic mass is 28.3. The fourth-order valence-corrected chi connectivity index (χ4v) is 8.06. The molecule has 112 valence electrons. The number of hydrogen-bond acceptors (Lipinski definition) is 1. The Balaban J connectivity index is 1.93. The van der Waals surface area contributed by atoms with Crippen molar-refractivity contribution in [3.05, 3.63) is 0 Å². The third-order valence-corrected chi connectivity index (χ3v) is 10.5. The van der Waals surface area contributed by atoms with Crippen LogP contribution in [0.25, 0.3) is 0 Å². The smallest absolute Gasteiger partial charge is 0.0846 e. The van der Waals surface area contributed by atoms with Crippen molar-refractivity contribution >= 4 is 8.07 Å².